The average molecular weight is 325 g/mol. The van der Waals surface area contributed by atoms with Crippen LogP contribution in [0.3, 0.4) is 0 Å². The van der Waals surface area contributed by atoms with Crippen molar-refractivity contribution in [2.45, 2.75) is 6.04 Å². The molecule has 3 aromatic rings. The fourth-order valence-electron chi connectivity index (χ4n) is 2.33. The highest BCUT2D eigenvalue weighted by atomic mass is 19.1. The summed E-state index contributed by atoms with van der Waals surface area (Å²) in [6.07, 6.45) is 1.56. The predicted octanol–water partition coefficient (Wildman–Crippen LogP) is 3.70. The number of rotatable bonds is 6. The largest absolute Gasteiger partial charge is 0.484 e. The number of halogens is 1. The number of hydrogen-bond donors (Lipinski definition) is 1. The zero-order valence-electron chi connectivity index (χ0n) is 12.8. The molecule has 3 rings (SSSR count). The van der Waals surface area contributed by atoms with Gasteiger partial charge in [-0.1, -0.05) is 36.4 Å². The van der Waals surface area contributed by atoms with Crippen molar-refractivity contribution in [2.24, 2.45) is 0 Å². The van der Waals surface area contributed by atoms with Gasteiger partial charge in [0.05, 0.1) is 6.26 Å². The van der Waals surface area contributed by atoms with E-state index in [2.05, 4.69) is 5.32 Å². The van der Waals surface area contributed by atoms with Gasteiger partial charge >= 0.3 is 0 Å². The monoisotopic (exact) mass is 325 g/mol. The molecule has 1 aromatic heterocycles. The molecule has 0 fully saturated rings. The van der Waals surface area contributed by atoms with Crippen LogP contribution >= 0.6 is 0 Å². The molecule has 1 amide bonds. The van der Waals surface area contributed by atoms with Gasteiger partial charge in [0.25, 0.3) is 5.91 Å². The van der Waals surface area contributed by atoms with Gasteiger partial charge in [-0.05, 0) is 29.8 Å². The first-order valence-electron chi connectivity index (χ1n) is 7.48. The quantitative estimate of drug-likeness (QED) is 0.752. The third kappa shape index (κ3) is 4.01. The molecule has 1 atom stereocenters. The molecule has 0 aliphatic carbocycles. The topological polar surface area (TPSA) is 51.5 Å². The van der Waals surface area contributed by atoms with Gasteiger partial charge in [0.1, 0.15) is 23.4 Å². The smallest absolute Gasteiger partial charge is 0.258 e. The van der Waals surface area contributed by atoms with Crippen molar-refractivity contribution < 1.29 is 18.3 Å². The van der Waals surface area contributed by atoms with Crippen LogP contribution in [0.25, 0.3) is 0 Å². The van der Waals surface area contributed by atoms with E-state index >= 15 is 0 Å². The second-order valence-corrected chi connectivity index (χ2v) is 5.17. The van der Waals surface area contributed by atoms with Gasteiger partial charge in [0, 0.05) is 6.07 Å². The lowest BCUT2D eigenvalue weighted by atomic mass is 10.0. The van der Waals surface area contributed by atoms with Gasteiger partial charge in [-0.25, -0.2) is 4.39 Å². The lowest BCUT2D eigenvalue weighted by molar-refractivity contribution is -0.123. The average Bonchev–Trinajstić information content (AvgIpc) is 3.13. The second kappa shape index (κ2) is 7.46. The Hall–Kier alpha value is -3.08. The van der Waals surface area contributed by atoms with E-state index in [4.69, 9.17) is 9.15 Å². The minimum Gasteiger partial charge on any atom is -0.484 e. The number of carbonyl (C=O) groups is 1. The number of ether oxygens (including phenoxy) is 1. The molecule has 0 radical (unpaired) electrons. The van der Waals surface area contributed by atoms with Crippen LogP contribution in [0.2, 0.25) is 0 Å². The number of furan rings is 1. The van der Waals surface area contributed by atoms with E-state index < -0.39 is 11.9 Å². The van der Waals surface area contributed by atoms with Gasteiger partial charge in [-0.15, -0.1) is 0 Å². The maximum absolute atomic E-state index is 13.1. The molecular weight excluding hydrogens is 309 g/mol. The lowest BCUT2D eigenvalue weighted by Gasteiger charge is -2.17. The Morgan fingerprint density at radius 1 is 1.08 bits per heavy atom. The molecular formula is C19H16FNO3. The maximum atomic E-state index is 13.1. The van der Waals surface area contributed by atoms with E-state index in [1.165, 1.54) is 18.2 Å². The number of hydrogen-bond acceptors (Lipinski definition) is 3. The molecule has 1 N–H and O–H groups in total. The van der Waals surface area contributed by atoms with Crippen LogP contribution in [-0.4, -0.2) is 12.5 Å². The van der Waals surface area contributed by atoms with Gasteiger partial charge in [-0.2, -0.15) is 0 Å². The highest BCUT2D eigenvalue weighted by Crippen LogP contribution is 2.22. The number of benzene rings is 2. The Bertz CT molecular complexity index is 787. The normalized spacial score (nSPS) is 11.7. The Morgan fingerprint density at radius 2 is 1.92 bits per heavy atom. The maximum Gasteiger partial charge on any atom is 0.258 e. The summed E-state index contributed by atoms with van der Waals surface area (Å²) in [7, 11) is 0. The van der Waals surface area contributed by atoms with Gasteiger partial charge in [-0.3, -0.25) is 4.79 Å². The Balaban J connectivity index is 1.68. The molecule has 4 nitrogen and oxygen atoms in total. The summed E-state index contributed by atoms with van der Waals surface area (Å²) in [5, 5.41) is 2.87. The molecule has 0 aliphatic heterocycles. The summed E-state index contributed by atoms with van der Waals surface area (Å²) >= 11 is 0. The highest BCUT2D eigenvalue weighted by Gasteiger charge is 2.19. The molecule has 24 heavy (non-hydrogen) atoms. The SMILES string of the molecule is O=C(COc1cccc(F)c1)N[C@H](c1ccccc1)c1ccco1. The predicted molar refractivity (Wildman–Crippen MR) is 87.0 cm³/mol. The molecule has 1 heterocycles. The number of nitrogens with one attached hydrogen (secondary N) is 1. The summed E-state index contributed by atoms with van der Waals surface area (Å²) in [4.78, 5) is 12.2. The van der Waals surface area contributed by atoms with Crippen molar-refractivity contribution in [1.29, 1.82) is 0 Å². The second-order valence-electron chi connectivity index (χ2n) is 5.17. The number of amides is 1. The van der Waals surface area contributed by atoms with Crippen LogP contribution in [0.4, 0.5) is 4.39 Å². The van der Waals surface area contributed by atoms with E-state index in [-0.39, 0.29) is 12.5 Å². The fraction of sp³-hybridized carbons (Fsp3) is 0.105. The Morgan fingerprint density at radius 3 is 2.62 bits per heavy atom. The molecule has 122 valence electrons. The first kappa shape index (κ1) is 15.8. The van der Waals surface area contributed by atoms with E-state index in [1.54, 1.807) is 24.5 Å². The number of carbonyl (C=O) groups excluding carboxylic acids is 1. The molecule has 0 saturated carbocycles. The van der Waals surface area contributed by atoms with Crippen molar-refractivity contribution in [3.8, 4) is 5.75 Å². The standard InChI is InChI=1S/C19H16FNO3/c20-15-8-4-9-16(12-15)24-13-18(22)21-19(17-10-5-11-23-17)14-6-2-1-3-7-14/h1-12,19H,13H2,(H,21,22)/t19-/m1/s1. The summed E-state index contributed by atoms with van der Waals surface area (Å²) in [6.45, 7) is -0.215. The first-order valence-corrected chi connectivity index (χ1v) is 7.48. The molecule has 0 bridgehead atoms. The minimum atomic E-state index is -0.412. The van der Waals surface area contributed by atoms with Crippen LogP contribution in [-0.2, 0) is 4.79 Å². The highest BCUT2D eigenvalue weighted by molar-refractivity contribution is 5.78. The Kier molecular flexibility index (Phi) is 4.91. The zero-order valence-corrected chi connectivity index (χ0v) is 12.8. The van der Waals surface area contributed by atoms with Crippen molar-refractivity contribution in [3.05, 3.63) is 90.1 Å². The summed E-state index contributed by atoms with van der Waals surface area (Å²) in [6, 6.07) is 18.3. The van der Waals surface area contributed by atoms with Crippen molar-refractivity contribution in [1.82, 2.24) is 5.32 Å². The van der Waals surface area contributed by atoms with Gasteiger partial charge in [0.15, 0.2) is 6.61 Å². The Labute approximate surface area is 138 Å². The third-order valence-corrected chi connectivity index (χ3v) is 3.43. The van der Waals surface area contributed by atoms with Crippen LogP contribution in [0.15, 0.2) is 77.4 Å². The fourth-order valence-corrected chi connectivity index (χ4v) is 2.33. The van der Waals surface area contributed by atoms with Gasteiger partial charge < -0.3 is 14.5 Å². The summed E-state index contributed by atoms with van der Waals surface area (Å²) in [5.74, 6) is 0.190. The van der Waals surface area contributed by atoms with Crippen LogP contribution in [0, 0.1) is 5.82 Å². The molecule has 0 saturated heterocycles. The van der Waals surface area contributed by atoms with Gasteiger partial charge in [0.2, 0.25) is 0 Å². The van der Waals surface area contributed by atoms with Crippen molar-refractivity contribution in [2.75, 3.05) is 6.61 Å². The van der Waals surface area contributed by atoms with Crippen molar-refractivity contribution in [3.63, 3.8) is 0 Å². The summed E-state index contributed by atoms with van der Waals surface area (Å²) in [5.41, 5.74) is 0.895. The molecule has 2 aromatic carbocycles. The van der Waals surface area contributed by atoms with Crippen LogP contribution < -0.4 is 10.1 Å². The zero-order chi connectivity index (χ0) is 16.8. The van der Waals surface area contributed by atoms with E-state index in [1.807, 2.05) is 30.3 Å². The third-order valence-electron chi connectivity index (χ3n) is 3.43. The van der Waals surface area contributed by atoms with E-state index in [0.29, 0.717) is 11.5 Å². The van der Waals surface area contributed by atoms with E-state index in [0.717, 1.165) is 5.56 Å². The molecule has 0 aliphatic rings. The minimum absolute atomic E-state index is 0.215. The molecule has 0 spiro atoms. The lowest BCUT2D eigenvalue weighted by Crippen LogP contribution is -2.33. The molecule has 0 unspecified atom stereocenters. The van der Waals surface area contributed by atoms with Crippen LogP contribution in [0.1, 0.15) is 17.4 Å². The van der Waals surface area contributed by atoms with Crippen LogP contribution in [0.5, 0.6) is 5.75 Å². The van der Waals surface area contributed by atoms with Crippen molar-refractivity contribution >= 4 is 5.91 Å². The first-order chi connectivity index (χ1) is 11.7. The molecule has 5 heteroatoms. The summed E-state index contributed by atoms with van der Waals surface area (Å²) < 4.78 is 23.9. The van der Waals surface area contributed by atoms with E-state index in [9.17, 15) is 9.18 Å².